The van der Waals surface area contributed by atoms with E-state index in [9.17, 15) is 9.50 Å². The number of aromatic hydroxyl groups is 1. The third kappa shape index (κ3) is 3.44. The molecule has 27 heavy (non-hydrogen) atoms. The lowest BCUT2D eigenvalue weighted by Crippen LogP contribution is -3.15. The Morgan fingerprint density at radius 2 is 2.11 bits per heavy atom. The second-order valence-electron chi connectivity index (χ2n) is 7.18. The molecule has 3 atom stereocenters. The van der Waals surface area contributed by atoms with Gasteiger partial charge in [-0.1, -0.05) is 30.4 Å². The first-order chi connectivity index (χ1) is 13.0. The smallest absolute Gasteiger partial charge is 0.235 e. The van der Waals surface area contributed by atoms with Gasteiger partial charge in [0.1, 0.15) is 36.0 Å². The van der Waals surface area contributed by atoms with Crippen molar-refractivity contribution in [1.29, 1.82) is 0 Å². The molecule has 3 heterocycles. The maximum Gasteiger partial charge on any atom is 0.235 e. The number of halogens is 1. The maximum absolute atomic E-state index is 14.0. The van der Waals surface area contributed by atoms with E-state index in [1.54, 1.807) is 12.1 Å². The predicted molar refractivity (Wildman–Crippen MR) is 101 cm³/mol. The number of ether oxygens (including phenoxy) is 1. The highest BCUT2D eigenvalue weighted by Crippen LogP contribution is 2.35. The lowest BCUT2D eigenvalue weighted by molar-refractivity contribution is -0.939. The summed E-state index contributed by atoms with van der Waals surface area (Å²) in [5.74, 6) is 0.514. The molecule has 1 saturated heterocycles. The highest BCUT2D eigenvalue weighted by molar-refractivity contribution is 7.17. The molecule has 1 aromatic carbocycles. The molecule has 2 N–H and O–H groups in total. The fourth-order valence-electron chi connectivity index (χ4n) is 3.94. The summed E-state index contributed by atoms with van der Waals surface area (Å²) in [6, 6.07) is 6.42. The molecule has 0 amide bonds. The summed E-state index contributed by atoms with van der Waals surface area (Å²) < 4.78 is 21.4. The number of thiazole rings is 1. The van der Waals surface area contributed by atoms with E-state index in [4.69, 9.17) is 4.74 Å². The number of morpholine rings is 1. The van der Waals surface area contributed by atoms with Crippen LogP contribution in [0.25, 0.3) is 4.96 Å². The molecule has 1 aliphatic rings. The van der Waals surface area contributed by atoms with Crippen LogP contribution >= 0.6 is 11.3 Å². The summed E-state index contributed by atoms with van der Waals surface area (Å²) in [6.45, 7) is 7.63. The molecular formula is C19H24FN4O2S+. The fraction of sp³-hybridized carbons (Fsp3) is 0.474. The van der Waals surface area contributed by atoms with Crippen molar-refractivity contribution in [1.82, 2.24) is 14.6 Å². The normalized spacial score (nSPS) is 24.4. The molecule has 2 aromatic heterocycles. The summed E-state index contributed by atoms with van der Waals surface area (Å²) in [5.41, 5.74) is 0.835. The number of rotatable bonds is 4. The van der Waals surface area contributed by atoms with Gasteiger partial charge in [0, 0.05) is 12.0 Å². The van der Waals surface area contributed by atoms with Crippen molar-refractivity contribution in [3.63, 3.8) is 0 Å². The number of aryl methyl sites for hydroxylation is 1. The number of nitrogens with zero attached hydrogens (tertiary/aromatic N) is 3. The van der Waals surface area contributed by atoms with Crippen LogP contribution in [-0.2, 0) is 11.2 Å². The molecular weight excluding hydrogens is 367 g/mol. The molecule has 1 aliphatic heterocycles. The molecule has 8 heteroatoms. The Morgan fingerprint density at radius 3 is 2.74 bits per heavy atom. The molecule has 3 aromatic rings. The van der Waals surface area contributed by atoms with Crippen LogP contribution in [0.4, 0.5) is 4.39 Å². The number of hydrogen-bond donors (Lipinski definition) is 2. The Kier molecular flexibility index (Phi) is 4.88. The van der Waals surface area contributed by atoms with Crippen molar-refractivity contribution in [2.75, 3.05) is 13.1 Å². The van der Waals surface area contributed by atoms with E-state index in [-0.39, 0.29) is 29.9 Å². The van der Waals surface area contributed by atoms with Crippen molar-refractivity contribution in [2.45, 2.75) is 45.4 Å². The average Bonchev–Trinajstić information content (AvgIpc) is 3.14. The van der Waals surface area contributed by atoms with Gasteiger partial charge in [-0.05, 0) is 26.0 Å². The number of fused-ring (bicyclic) bond motifs is 1. The fourth-order valence-corrected chi connectivity index (χ4v) is 5.10. The third-order valence-corrected chi connectivity index (χ3v) is 6.06. The van der Waals surface area contributed by atoms with Crippen molar-refractivity contribution in [2.24, 2.45) is 0 Å². The van der Waals surface area contributed by atoms with Crippen LogP contribution in [0.2, 0.25) is 0 Å². The van der Waals surface area contributed by atoms with Gasteiger partial charge in [-0.3, -0.25) is 0 Å². The van der Waals surface area contributed by atoms with E-state index in [2.05, 4.69) is 23.9 Å². The number of nitrogens with one attached hydrogen (secondary N) is 1. The molecule has 0 bridgehead atoms. The van der Waals surface area contributed by atoms with Crippen LogP contribution in [0.15, 0.2) is 24.3 Å². The Balaban J connectivity index is 1.82. The summed E-state index contributed by atoms with van der Waals surface area (Å²) >= 11 is 1.42. The number of hydrogen-bond acceptors (Lipinski definition) is 5. The molecule has 0 saturated carbocycles. The van der Waals surface area contributed by atoms with E-state index in [1.807, 2.05) is 13.0 Å². The predicted octanol–water partition coefficient (Wildman–Crippen LogP) is 1.98. The zero-order valence-electron chi connectivity index (χ0n) is 15.6. The minimum Gasteiger partial charge on any atom is -0.492 e. The zero-order chi connectivity index (χ0) is 19.1. The van der Waals surface area contributed by atoms with Crippen LogP contribution < -0.4 is 4.90 Å². The first-order valence-corrected chi connectivity index (χ1v) is 10.1. The molecule has 6 nitrogen and oxygen atoms in total. The van der Waals surface area contributed by atoms with Crippen LogP contribution in [0.1, 0.15) is 43.1 Å². The van der Waals surface area contributed by atoms with Crippen molar-refractivity contribution in [3.05, 3.63) is 46.3 Å². The first-order valence-electron chi connectivity index (χ1n) is 9.29. The van der Waals surface area contributed by atoms with Gasteiger partial charge in [-0.2, -0.15) is 4.52 Å². The van der Waals surface area contributed by atoms with Gasteiger partial charge in [-0.25, -0.2) is 9.37 Å². The van der Waals surface area contributed by atoms with Crippen molar-refractivity contribution >= 4 is 16.3 Å². The van der Waals surface area contributed by atoms with Crippen molar-refractivity contribution in [3.8, 4) is 5.88 Å². The standard InChI is InChI=1S/C19H23FN4O2S/c1-4-15-21-19-24(22-15)18(25)17(27-19)16(13-6-5-7-14(20)8-13)23-9-11(2)26-12(3)10-23/h5-8,11-12,16,25H,4,9-10H2,1-3H3/p+1/t11-,12-,16+/m1/s1. The lowest BCUT2D eigenvalue weighted by Gasteiger charge is -2.37. The molecule has 0 radical (unpaired) electrons. The van der Waals surface area contributed by atoms with Gasteiger partial charge in [0.2, 0.25) is 10.8 Å². The average molecular weight is 391 g/mol. The van der Waals surface area contributed by atoms with Gasteiger partial charge in [-0.15, -0.1) is 5.10 Å². The second kappa shape index (κ2) is 7.18. The van der Waals surface area contributed by atoms with Gasteiger partial charge >= 0.3 is 0 Å². The quantitative estimate of drug-likeness (QED) is 0.714. The van der Waals surface area contributed by atoms with Crippen LogP contribution in [0.5, 0.6) is 5.88 Å². The Morgan fingerprint density at radius 1 is 1.37 bits per heavy atom. The van der Waals surface area contributed by atoms with Crippen LogP contribution in [0, 0.1) is 5.82 Å². The Labute approximate surface area is 161 Å². The minimum absolute atomic E-state index is 0.0933. The minimum atomic E-state index is -0.279. The second-order valence-corrected chi connectivity index (χ2v) is 8.19. The third-order valence-electron chi connectivity index (χ3n) is 4.98. The summed E-state index contributed by atoms with van der Waals surface area (Å²) in [4.78, 5) is 7.14. The molecule has 0 aliphatic carbocycles. The molecule has 144 valence electrons. The monoisotopic (exact) mass is 391 g/mol. The van der Waals surface area contributed by atoms with Gasteiger partial charge in [0.25, 0.3) is 0 Å². The number of benzene rings is 1. The summed E-state index contributed by atoms with van der Waals surface area (Å²) in [6.07, 6.45) is 0.895. The maximum atomic E-state index is 14.0. The molecule has 1 fully saturated rings. The number of aromatic nitrogens is 3. The zero-order valence-corrected chi connectivity index (χ0v) is 16.5. The topological polar surface area (TPSA) is 64.1 Å². The van der Waals surface area contributed by atoms with E-state index >= 15 is 0 Å². The Hall–Kier alpha value is -2.03. The highest BCUT2D eigenvalue weighted by Gasteiger charge is 2.37. The highest BCUT2D eigenvalue weighted by atomic mass is 32.1. The SMILES string of the molecule is CCc1nc2sc([C@H](c3cccc(F)c3)[NH+]3C[C@@H](C)O[C@H](C)C3)c(O)n2n1. The van der Waals surface area contributed by atoms with Gasteiger partial charge < -0.3 is 14.7 Å². The molecule has 4 rings (SSSR count). The largest absolute Gasteiger partial charge is 0.492 e. The first kappa shape index (κ1) is 18.3. The molecule has 0 unspecified atom stereocenters. The van der Waals surface area contributed by atoms with Crippen molar-refractivity contribution < 1.29 is 19.1 Å². The van der Waals surface area contributed by atoms with E-state index in [0.717, 1.165) is 23.5 Å². The Bertz CT molecular complexity index is 946. The molecule has 0 spiro atoms. The van der Waals surface area contributed by atoms with Crippen LogP contribution in [-0.4, -0.2) is 45.0 Å². The summed E-state index contributed by atoms with van der Waals surface area (Å²) in [7, 11) is 0. The lowest BCUT2D eigenvalue weighted by atomic mass is 10.0. The van der Waals surface area contributed by atoms with E-state index < -0.39 is 0 Å². The number of quaternary nitrogens is 1. The van der Waals surface area contributed by atoms with Gasteiger partial charge in [0.05, 0.1) is 0 Å². The van der Waals surface area contributed by atoms with E-state index in [0.29, 0.717) is 17.2 Å². The van der Waals surface area contributed by atoms with E-state index in [1.165, 1.54) is 26.8 Å². The van der Waals surface area contributed by atoms with Gasteiger partial charge in [0.15, 0.2) is 11.9 Å². The van der Waals surface area contributed by atoms with Crippen LogP contribution in [0.3, 0.4) is 0 Å². The summed E-state index contributed by atoms with van der Waals surface area (Å²) in [5, 5.41) is 15.3.